The summed E-state index contributed by atoms with van der Waals surface area (Å²) >= 11 is 0. The molecule has 0 heterocycles. The van der Waals surface area contributed by atoms with Crippen molar-refractivity contribution in [2.75, 3.05) is 6.54 Å². The second-order valence-corrected chi connectivity index (χ2v) is 8.59. The second kappa shape index (κ2) is 10.7. The van der Waals surface area contributed by atoms with Crippen molar-refractivity contribution in [2.24, 2.45) is 0 Å². The molecule has 1 fully saturated rings. The summed E-state index contributed by atoms with van der Waals surface area (Å²) in [6.07, 6.45) is -12.3. The van der Waals surface area contributed by atoms with E-state index in [2.05, 4.69) is 0 Å². The molecule has 0 bridgehead atoms. The Labute approximate surface area is 197 Å². The van der Waals surface area contributed by atoms with E-state index in [1.807, 2.05) is 0 Å². The van der Waals surface area contributed by atoms with E-state index in [4.69, 9.17) is 4.74 Å². The summed E-state index contributed by atoms with van der Waals surface area (Å²) < 4.78 is 113. The number of para-hydroxylation sites is 1. The number of rotatable bonds is 8. The highest BCUT2D eigenvalue weighted by Crippen LogP contribution is 2.45. The van der Waals surface area contributed by atoms with E-state index < -0.39 is 60.7 Å². The lowest BCUT2D eigenvalue weighted by Crippen LogP contribution is -2.48. The molecule has 1 N–H and O–H groups in total. The lowest BCUT2D eigenvalue weighted by Gasteiger charge is -2.39. The summed E-state index contributed by atoms with van der Waals surface area (Å²) in [5.74, 6) is -4.64. The van der Waals surface area contributed by atoms with Crippen molar-refractivity contribution in [1.82, 2.24) is 4.90 Å². The molecule has 0 aromatic heterocycles. The summed E-state index contributed by atoms with van der Waals surface area (Å²) in [7, 11) is 0. The number of nitrogens with zero attached hydrogens (tertiary/aromatic N) is 1. The van der Waals surface area contributed by atoms with Crippen LogP contribution in [0.15, 0.2) is 54.6 Å². The number of halogens is 8. The maximum absolute atomic E-state index is 14.2. The van der Waals surface area contributed by atoms with Crippen LogP contribution in [0.4, 0.5) is 35.1 Å². The predicted molar refractivity (Wildman–Crippen MR) is 112 cm³/mol. The molecular formula is C24H25F8NO2. The molecule has 194 valence electrons. The molecule has 1 aliphatic carbocycles. The van der Waals surface area contributed by atoms with Gasteiger partial charge in [0.1, 0.15) is 11.9 Å². The molecular weight excluding hydrogens is 486 g/mol. The molecule has 35 heavy (non-hydrogen) atoms. The maximum Gasteiger partial charge on any atom is 0.458 e. The Morgan fingerprint density at radius 3 is 2.14 bits per heavy atom. The van der Waals surface area contributed by atoms with Crippen molar-refractivity contribution in [3.8, 4) is 5.75 Å². The van der Waals surface area contributed by atoms with Crippen LogP contribution in [0.3, 0.4) is 0 Å². The smallest absolute Gasteiger partial charge is 0.458 e. The third-order valence-corrected chi connectivity index (χ3v) is 6.03. The zero-order chi connectivity index (χ0) is 25.9. The first-order chi connectivity index (χ1) is 16.3. The van der Waals surface area contributed by atoms with Gasteiger partial charge in [-0.25, -0.2) is 0 Å². The average Bonchev–Trinajstić information content (AvgIpc) is 2.78. The SMILES string of the molecule is OC(CN(Cc1ccccc1C(F)(F)C(F)(F)F)C1CCCC(Oc2ccccc2)C1)C(F)(F)F. The van der Waals surface area contributed by atoms with E-state index in [-0.39, 0.29) is 6.42 Å². The van der Waals surface area contributed by atoms with Crippen LogP contribution >= 0.6 is 0 Å². The Morgan fingerprint density at radius 1 is 0.886 bits per heavy atom. The van der Waals surface area contributed by atoms with Gasteiger partial charge in [0.15, 0.2) is 6.10 Å². The van der Waals surface area contributed by atoms with E-state index in [1.54, 1.807) is 30.3 Å². The molecule has 0 aliphatic heterocycles. The highest BCUT2D eigenvalue weighted by molar-refractivity contribution is 5.32. The summed E-state index contributed by atoms with van der Waals surface area (Å²) in [6, 6.07) is 12.0. The van der Waals surface area contributed by atoms with Gasteiger partial charge >= 0.3 is 18.3 Å². The Bertz CT molecular complexity index is 949. The van der Waals surface area contributed by atoms with Crippen molar-refractivity contribution in [1.29, 1.82) is 0 Å². The van der Waals surface area contributed by atoms with Gasteiger partial charge in [0.05, 0.1) is 0 Å². The summed E-state index contributed by atoms with van der Waals surface area (Å²) in [4.78, 5) is 1.13. The summed E-state index contributed by atoms with van der Waals surface area (Å²) in [5, 5.41) is 9.70. The second-order valence-electron chi connectivity index (χ2n) is 8.59. The molecule has 2 aromatic carbocycles. The predicted octanol–water partition coefficient (Wildman–Crippen LogP) is 6.46. The van der Waals surface area contributed by atoms with Crippen LogP contribution in [-0.2, 0) is 12.5 Å². The van der Waals surface area contributed by atoms with Crippen LogP contribution in [0.5, 0.6) is 5.75 Å². The molecule has 1 saturated carbocycles. The largest absolute Gasteiger partial charge is 0.490 e. The van der Waals surface area contributed by atoms with Gasteiger partial charge in [-0.05, 0) is 43.4 Å². The Hall–Kier alpha value is -2.40. The van der Waals surface area contributed by atoms with Crippen LogP contribution in [0, 0.1) is 0 Å². The number of benzene rings is 2. The van der Waals surface area contributed by atoms with E-state index >= 15 is 0 Å². The van der Waals surface area contributed by atoms with Crippen LogP contribution < -0.4 is 4.74 Å². The molecule has 3 nitrogen and oxygen atoms in total. The quantitative estimate of drug-likeness (QED) is 0.413. The fourth-order valence-electron chi connectivity index (χ4n) is 4.25. The number of alkyl halides is 8. The zero-order valence-electron chi connectivity index (χ0n) is 18.5. The Balaban J connectivity index is 1.87. The molecule has 0 saturated heterocycles. The molecule has 1 aliphatic rings. The monoisotopic (exact) mass is 511 g/mol. The fourth-order valence-corrected chi connectivity index (χ4v) is 4.25. The van der Waals surface area contributed by atoms with Crippen molar-refractivity contribution in [2.45, 2.75) is 68.8 Å². The minimum absolute atomic E-state index is 0.220. The first kappa shape index (κ1) is 27.2. The Morgan fingerprint density at radius 2 is 1.51 bits per heavy atom. The number of ether oxygens (including phenoxy) is 1. The maximum atomic E-state index is 14.2. The first-order valence-corrected chi connectivity index (χ1v) is 11.0. The lowest BCUT2D eigenvalue weighted by molar-refractivity contribution is -0.289. The average molecular weight is 511 g/mol. The molecule has 11 heteroatoms. The van der Waals surface area contributed by atoms with Crippen LogP contribution in [0.1, 0.15) is 36.8 Å². The van der Waals surface area contributed by atoms with Crippen LogP contribution in [0.25, 0.3) is 0 Å². The highest BCUT2D eigenvalue weighted by Gasteiger charge is 2.59. The van der Waals surface area contributed by atoms with Gasteiger partial charge in [-0.2, -0.15) is 35.1 Å². The standard InChI is InChI=1S/C24H25F8NO2/c25-22(26,24(30,31)32)20-12-5-4-7-16(20)14-33(15-21(34)23(27,28)29)17-8-6-11-19(13-17)35-18-9-2-1-3-10-18/h1-5,7,9-10,12,17,19,21,34H,6,8,11,13-15H2. The van der Waals surface area contributed by atoms with Gasteiger partial charge < -0.3 is 9.84 Å². The summed E-state index contributed by atoms with van der Waals surface area (Å²) in [6.45, 7) is -1.60. The number of hydrogen-bond acceptors (Lipinski definition) is 3. The molecule has 0 radical (unpaired) electrons. The number of aliphatic hydroxyl groups excluding tert-OH is 1. The molecule has 2 aromatic rings. The van der Waals surface area contributed by atoms with Crippen molar-refractivity contribution >= 4 is 0 Å². The lowest BCUT2D eigenvalue weighted by atomic mass is 9.90. The van der Waals surface area contributed by atoms with Gasteiger partial charge in [0, 0.05) is 24.7 Å². The zero-order valence-corrected chi connectivity index (χ0v) is 18.5. The summed E-state index contributed by atoms with van der Waals surface area (Å²) in [5.41, 5.74) is -1.79. The number of hydrogen-bond donors (Lipinski definition) is 1. The van der Waals surface area contributed by atoms with Crippen molar-refractivity contribution in [3.63, 3.8) is 0 Å². The molecule has 0 spiro atoms. The number of aliphatic hydroxyl groups is 1. The Kier molecular flexibility index (Phi) is 8.31. The van der Waals surface area contributed by atoms with E-state index in [9.17, 15) is 40.2 Å². The van der Waals surface area contributed by atoms with Gasteiger partial charge in [-0.3, -0.25) is 4.90 Å². The van der Waals surface area contributed by atoms with Gasteiger partial charge in [0.2, 0.25) is 0 Å². The minimum atomic E-state index is -5.88. The highest BCUT2D eigenvalue weighted by atomic mass is 19.4. The molecule has 3 atom stereocenters. The van der Waals surface area contributed by atoms with E-state index in [1.165, 1.54) is 6.07 Å². The molecule has 3 rings (SSSR count). The molecule has 0 amide bonds. The van der Waals surface area contributed by atoms with Gasteiger partial charge in [-0.1, -0.05) is 42.5 Å². The first-order valence-electron chi connectivity index (χ1n) is 11.0. The third kappa shape index (κ3) is 6.84. The van der Waals surface area contributed by atoms with Crippen molar-refractivity contribution < 1.29 is 45.0 Å². The van der Waals surface area contributed by atoms with Crippen LogP contribution in [0.2, 0.25) is 0 Å². The fraction of sp³-hybridized carbons (Fsp3) is 0.500. The van der Waals surface area contributed by atoms with E-state index in [0.29, 0.717) is 31.1 Å². The van der Waals surface area contributed by atoms with Crippen LogP contribution in [-0.4, -0.2) is 47.2 Å². The minimum Gasteiger partial charge on any atom is -0.490 e. The van der Waals surface area contributed by atoms with E-state index in [0.717, 1.165) is 17.0 Å². The van der Waals surface area contributed by atoms with Crippen molar-refractivity contribution in [3.05, 3.63) is 65.7 Å². The van der Waals surface area contributed by atoms with Gasteiger partial charge in [0.25, 0.3) is 0 Å². The van der Waals surface area contributed by atoms with Gasteiger partial charge in [-0.15, -0.1) is 0 Å². The molecule has 3 unspecified atom stereocenters. The third-order valence-electron chi connectivity index (χ3n) is 6.03. The topological polar surface area (TPSA) is 32.7 Å². The normalized spacial score (nSPS) is 20.6.